The van der Waals surface area contributed by atoms with E-state index >= 15 is 0 Å². The zero-order valence-electron chi connectivity index (χ0n) is 14.9. The van der Waals surface area contributed by atoms with Crippen LogP contribution in [0, 0.1) is 0 Å². The average molecular weight is 338 g/mol. The second-order valence-corrected chi connectivity index (χ2v) is 6.25. The van der Waals surface area contributed by atoms with Crippen LogP contribution >= 0.6 is 0 Å². The van der Waals surface area contributed by atoms with Crippen LogP contribution in [0.4, 0.5) is 0 Å². The number of hydrogen-bond donors (Lipinski definition) is 2. The topological polar surface area (TPSA) is 58.2 Å². The highest BCUT2D eigenvalue weighted by Gasteiger charge is 2.09. The average Bonchev–Trinajstić information content (AvgIpc) is 2.65. The van der Waals surface area contributed by atoms with E-state index in [2.05, 4.69) is 10.6 Å². The van der Waals surface area contributed by atoms with Crippen LogP contribution in [0.5, 0.6) is 0 Å². The van der Waals surface area contributed by atoms with E-state index < -0.39 is 0 Å². The van der Waals surface area contributed by atoms with Gasteiger partial charge in [0.1, 0.15) is 0 Å². The fourth-order valence-electron chi connectivity index (χ4n) is 2.42. The maximum Gasteiger partial charge on any atom is 0.251 e. The summed E-state index contributed by atoms with van der Waals surface area (Å²) < 4.78 is 0. The van der Waals surface area contributed by atoms with Crippen LogP contribution in [-0.2, 0) is 17.8 Å². The molecular weight excluding hydrogens is 312 g/mol. The number of rotatable bonds is 8. The first-order chi connectivity index (χ1) is 12.1. The Hall–Kier alpha value is -2.62. The van der Waals surface area contributed by atoms with E-state index in [0.29, 0.717) is 18.5 Å². The van der Waals surface area contributed by atoms with Crippen LogP contribution in [0.2, 0.25) is 0 Å². The van der Waals surface area contributed by atoms with Gasteiger partial charge in [0.15, 0.2) is 0 Å². The molecule has 0 heterocycles. The van der Waals surface area contributed by atoms with E-state index in [1.54, 1.807) is 6.07 Å². The summed E-state index contributed by atoms with van der Waals surface area (Å²) in [5.74, 6) is -0.0649. The third kappa shape index (κ3) is 6.42. The fraction of sp³-hybridized carbons (Fsp3) is 0.333. The Morgan fingerprint density at radius 1 is 1.00 bits per heavy atom. The van der Waals surface area contributed by atoms with E-state index in [4.69, 9.17) is 0 Å². The normalized spacial score (nSPS) is 11.6. The maximum absolute atomic E-state index is 12.2. The van der Waals surface area contributed by atoms with E-state index in [1.807, 2.05) is 62.4 Å². The van der Waals surface area contributed by atoms with Gasteiger partial charge in [-0.1, -0.05) is 49.4 Å². The van der Waals surface area contributed by atoms with Gasteiger partial charge < -0.3 is 10.6 Å². The summed E-state index contributed by atoms with van der Waals surface area (Å²) in [5.41, 5.74) is 2.70. The van der Waals surface area contributed by atoms with Gasteiger partial charge >= 0.3 is 0 Å². The lowest BCUT2D eigenvalue weighted by Gasteiger charge is -2.12. The minimum atomic E-state index is -0.0772. The highest BCUT2D eigenvalue weighted by molar-refractivity contribution is 5.94. The molecular formula is C21H26N2O2. The lowest BCUT2D eigenvalue weighted by molar-refractivity contribution is -0.121. The lowest BCUT2D eigenvalue weighted by Crippen LogP contribution is -2.32. The molecule has 2 aromatic rings. The highest BCUT2D eigenvalue weighted by atomic mass is 16.2. The number of carbonyl (C=O) groups excluding carboxylic acids is 2. The molecule has 2 N–H and O–H groups in total. The lowest BCUT2D eigenvalue weighted by atomic mass is 10.1. The molecule has 0 spiro atoms. The molecule has 132 valence electrons. The summed E-state index contributed by atoms with van der Waals surface area (Å²) in [4.78, 5) is 24.2. The first-order valence-corrected chi connectivity index (χ1v) is 8.79. The van der Waals surface area contributed by atoms with Crippen molar-refractivity contribution < 1.29 is 9.59 Å². The standard InChI is InChI=1S/C21H26N2O2/c1-3-16(2)23-21(25)19-11-7-10-18(14-19)15-22-20(24)13-12-17-8-5-4-6-9-17/h4-11,14,16H,3,12-13,15H2,1-2H3,(H,22,24)(H,23,25)/t16-/m0/s1. The second kappa shape index (κ2) is 9.62. The fourth-order valence-corrected chi connectivity index (χ4v) is 2.42. The number of nitrogens with one attached hydrogen (secondary N) is 2. The first-order valence-electron chi connectivity index (χ1n) is 8.79. The van der Waals surface area contributed by atoms with Crippen molar-refractivity contribution in [2.24, 2.45) is 0 Å². The molecule has 0 bridgehead atoms. The van der Waals surface area contributed by atoms with Crippen LogP contribution in [0.3, 0.4) is 0 Å². The molecule has 25 heavy (non-hydrogen) atoms. The van der Waals surface area contributed by atoms with Gasteiger partial charge in [0.2, 0.25) is 5.91 Å². The van der Waals surface area contributed by atoms with Gasteiger partial charge in [-0.2, -0.15) is 0 Å². The highest BCUT2D eigenvalue weighted by Crippen LogP contribution is 2.07. The predicted octanol–water partition coefficient (Wildman–Crippen LogP) is 3.46. The van der Waals surface area contributed by atoms with Crippen LogP contribution < -0.4 is 10.6 Å². The van der Waals surface area contributed by atoms with Crippen molar-refractivity contribution in [3.05, 3.63) is 71.3 Å². The Morgan fingerprint density at radius 2 is 1.72 bits per heavy atom. The number of benzene rings is 2. The zero-order chi connectivity index (χ0) is 18.1. The smallest absolute Gasteiger partial charge is 0.251 e. The van der Waals surface area contributed by atoms with Gasteiger partial charge in [-0.05, 0) is 43.0 Å². The van der Waals surface area contributed by atoms with Crippen molar-refractivity contribution >= 4 is 11.8 Å². The number of carbonyl (C=O) groups is 2. The first kappa shape index (κ1) is 18.7. The van der Waals surface area contributed by atoms with Crippen molar-refractivity contribution in [3.8, 4) is 0 Å². The molecule has 1 atom stereocenters. The van der Waals surface area contributed by atoms with E-state index in [1.165, 1.54) is 0 Å². The monoisotopic (exact) mass is 338 g/mol. The molecule has 0 aliphatic heterocycles. The van der Waals surface area contributed by atoms with Gasteiger partial charge in [0.05, 0.1) is 0 Å². The van der Waals surface area contributed by atoms with Crippen molar-refractivity contribution in [2.75, 3.05) is 0 Å². The zero-order valence-corrected chi connectivity index (χ0v) is 14.9. The summed E-state index contributed by atoms with van der Waals surface area (Å²) in [6, 6.07) is 17.5. The molecule has 0 aromatic heterocycles. The summed E-state index contributed by atoms with van der Waals surface area (Å²) in [7, 11) is 0. The minimum Gasteiger partial charge on any atom is -0.352 e. The van der Waals surface area contributed by atoms with E-state index in [0.717, 1.165) is 24.0 Å². The Kier molecular flexibility index (Phi) is 7.20. The third-order valence-electron chi connectivity index (χ3n) is 4.15. The molecule has 0 aliphatic rings. The maximum atomic E-state index is 12.2. The van der Waals surface area contributed by atoms with Crippen LogP contribution in [-0.4, -0.2) is 17.9 Å². The molecule has 2 aromatic carbocycles. The second-order valence-electron chi connectivity index (χ2n) is 6.25. The number of aryl methyl sites for hydroxylation is 1. The van der Waals surface area contributed by atoms with E-state index in [-0.39, 0.29) is 17.9 Å². The van der Waals surface area contributed by atoms with Gasteiger partial charge in [-0.15, -0.1) is 0 Å². The predicted molar refractivity (Wildman–Crippen MR) is 100 cm³/mol. The number of amides is 2. The molecule has 0 unspecified atom stereocenters. The van der Waals surface area contributed by atoms with Gasteiger partial charge in [0.25, 0.3) is 5.91 Å². The van der Waals surface area contributed by atoms with Gasteiger partial charge in [-0.3, -0.25) is 9.59 Å². The molecule has 4 nitrogen and oxygen atoms in total. The SMILES string of the molecule is CC[C@H](C)NC(=O)c1cccc(CNC(=O)CCc2ccccc2)c1. The van der Waals surface area contributed by atoms with Gasteiger partial charge in [-0.25, -0.2) is 0 Å². The molecule has 0 radical (unpaired) electrons. The Labute approximate surface area is 149 Å². The third-order valence-corrected chi connectivity index (χ3v) is 4.15. The van der Waals surface area contributed by atoms with Crippen LogP contribution in [0.15, 0.2) is 54.6 Å². The Morgan fingerprint density at radius 3 is 2.44 bits per heavy atom. The Bertz CT molecular complexity index is 698. The summed E-state index contributed by atoms with van der Waals surface area (Å²) in [5, 5.41) is 5.87. The van der Waals surface area contributed by atoms with Crippen molar-refractivity contribution in [2.45, 2.75) is 45.7 Å². The van der Waals surface area contributed by atoms with Crippen LogP contribution in [0.1, 0.15) is 48.2 Å². The van der Waals surface area contributed by atoms with Crippen molar-refractivity contribution in [3.63, 3.8) is 0 Å². The molecule has 2 amide bonds. The summed E-state index contributed by atoms with van der Waals surface area (Å²) >= 11 is 0. The molecule has 0 saturated carbocycles. The van der Waals surface area contributed by atoms with Crippen molar-refractivity contribution in [1.82, 2.24) is 10.6 Å². The largest absolute Gasteiger partial charge is 0.352 e. The quantitative estimate of drug-likeness (QED) is 0.774. The summed E-state index contributed by atoms with van der Waals surface area (Å²) in [6.45, 7) is 4.44. The minimum absolute atomic E-state index is 0.0123. The molecule has 2 rings (SSSR count). The number of hydrogen-bond acceptors (Lipinski definition) is 2. The molecule has 4 heteroatoms. The summed E-state index contributed by atoms with van der Waals surface area (Å²) in [6.07, 6.45) is 2.07. The van der Waals surface area contributed by atoms with Gasteiger partial charge in [0, 0.05) is 24.6 Å². The van der Waals surface area contributed by atoms with E-state index in [9.17, 15) is 9.59 Å². The molecule has 0 saturated heterocycles. The van der Waals surface area contributed by atoms with Crippen molar-refractivity contribution in [1.29, 1.82) is 0 Å². The van der Waals surface area contributed by atoms with Crippen LogP contribution in [0.25, 0.3) is 0 Å². The Balaban J connectivity index is 1.83. The molecule has 0 fully saturated rings. The molecule has 0 aliphatic carbocycles.